The Kier molecular flexibility index (Phi) is 3.11. The topological polar surface area (TPSA) is 53.9 Å². The van der Waals surface area contributed by atoms with E-state index >= 15 is 0 Å². The van der Waals surface area contributed by atoms with Gasteiger partial charge in [0.1, 0.15) is 6.33 Å². The van der Waals surface area contributed by atoms with E-state index in [-0.39, 0.29) is 0 Å². The maximum Gasteiger partial charge on any atom is 0.170 e. The van der Waals surface area contributed by atoms with Gasteiger partial charge in [0.05, 0.1) is 6.20 Å². The Hall–Kier alpha value is -1.23. The van der Waals surface area contributed by atoms with Gasteiger partial charge in [-0.2, -0.15) is 0 Å². The van der Waals surface area contributed by atoms with Gasteiger partial charge in [-0.25, -0.2) is 4.98 Å². The van der Waals surface area contributed by atoms with Gasteiger partial charge >= 0.3 is 0 Å². The predicted molar refractivity (Wildman–Crippen MR) is 58.7 cm³/mol. The maximum atomic E-state index is 4.13. The van der Waals surface area contributed by atoms with E-state index in [0.717, 1.165) is 25.3 Å². The van der Waals surface area contributed by atoms with Crippen molar-refractivity contribution >= 4 is 5.82 Å². The summed E-state index contributed by atoms with van der Waals surface area (Å²) in [6.45, 7) is 6.45. The summed E-state index contributed by atoms with van der Waals surface area (Å²) in [5.74, 6) is 0.876. The molecule has 1 aliphatic heterocycles. The molecule has 0 aliphatic carbocycles. The lowest BCUT2D eigenvalue weighted by molar-refractivity contribution is 0.561. The van der Waals surface area contributed by atoms with Crippen LogP contribution >= 0.6 is 0 Å². The van der Waals surface area contributed by atoms with Gasteiger partial charge in [0.2, 0.25) is 0 Å². The highest BCUT2D eigenvalue weighted by Crippen LogP contribution is 2.18. The number of hydrogen-bond acceptors (Lipinski definition) is 5. The Morgan fingerprint density at radius 3 is 2.93 bits per heavy atom. The van der Waals surface area contributed by atoms with Crippen LogP contribution in [0.4, 0.5) is 5.82 Å². The molecule has 5 heteroatoms. The number of aromatic nitrogens is 3. The van der Waals surface area contributed by atoms with Gasteiger partial charge in [-0.05, 0) is 26.8 Å². The van der Waals surface area contributed by atoms with Crippen molar-refractivity contribution in [2.24, 2.45) is 0 Å². The van der Waals surface area contributed by atoms with Crippen LogP contribution in [0.5, 0.6) is 0 Å². The van der Waals surface area contributed by atoms with Gasteiger partial charge in [-0.3, -0.25) is 0 Å². The normalized spacial score (nSPS) is 20.9. The van der Waals surface area contributed by atoms with E-state index in [1.54, 1.807) is 6.20 Å². The van der Waals surface area contributed by atoms with Crippen LogP contribution in [-0.2, 0) is 0 Å². The molecule has 15 heavy (non-hydrogen) atoms. The van der Waals surface area contributed by atoms with Crippen LogP contribution in [0.1, 0.15) is 20.3 Å². The number of hydrogen-bond donors (Lipinski definition) is 1. The molecule has 0 radical (unpaired) electrons. The third-order valence-corrected chi connectivity index (χ3v) is 2.72. The molecule has 0 bridgehead atoms. The summed E-state index contributed by atoms with van der Waals surface area (Å²) in [7, 11) is 0. The third kappa shape index (κ3) is 2.23. The van der Waals surface area contributed by atoms with Crippen LogP contribution in [0, 0.1) is 0 Å². The summed E-state index contributed by atoms with van der Waals surface area (Å²) < 4.78 is 0. The first-order valence-electron chi connectivity index (χ1n) is 5.41. The average molecular weight is 207 g/mol. The van der Waals surface area contributed by atoms with E-state index < -0.39 is 0 Å². The van der Waals surface area contributed by atoms with Gasteiger partial charge < -0.3 is 10.2 Å². The lowest BCUT2D eigenvalue weighted by Gasteiger charge is -2.32. The molecule has 1 saturated heterocycles. The van der Waals surface area contributed by atoms with Crippen LogP contribution < -0.4 is 10.2 Å². The molecule has 0 spiro atoms. The first kappa shape index (κ1) is 10.3. The Balaban J connectivity index is 2.19. The second-order valence-corrected chi connectivity index (χ2v) is 4.11. The van der Waals surface area contributed by atoms with Crippen molar-refractivity contribution in [1.82, 2.24) is 20.5 Å². The first-order chi connectivity index (χ1) is 7.29. The van der Waals surface area contributed by atoms with Crippen molar-refractivity contribution in [3.8, 4) is 0 Å². The van der Waals surface area contributed by atoms with Crippen LogP contribution in [0.25, 0.3) is 0 Å². The van der Waals surface area contributed by atoms with Crippen molar-refractivity contribution < 1.29 is 0 Å². The minimum absolute atomic E-state index is 0.424. The van der Waals surface area contributed by atoms with Crippen molar-refractivity contribution in [3.63, 3.8) is 0 Å². The molecule has 2 heterocycles. The smallest absolute Gasteiger partial charge is 0.170 e. The average Bonchev–Trinajstić information content (AvgIpc) is 2.72. The minimum atomic E-state index is 0.424. The molecular weight excluding hydrogens is 190 g/mol. The molecule has 1 aromatic heterocycles. The van der Waals surface area contributed by atoms with E-state index in [2.05, 4.69) is 39.2 Å². The molecule has 1 unspecified atom stereocenters. The number of anilines is 1. The van der Waals surface area contributed by atoms with Crippen molar-refractivity contribution in [1.29, 1.82) is 0 Å². The zero-order valence-corrected chi connectivity index (χ0v) is 9.22. The van der Waals surface area contributed by atoms with Crippen molar-refractivity contribution in [2.75, 3.05) is 18.0 Å². The second-order valence-electron chi connectivity index (χ2n) is 4.11. The lowest BCUT2D eigenvalue weighted by atomic mass is 10.2. The Morgan fingerprint density at radius 1 is 1.53 bits per heavy atom. The van der Waals surface area contributed by atoms with E-state index in [1.807, 2.05) is 0 Å². The summed E-state index contributed by atoms with van der Waals surface area (Å²) in [5, 5.41) is 11.3. The molecule has 1 aliphatic rings. The van der Waals surface area contributed by atoms with E-state index in [4.69, 9.17) is 0 Å². The minimum Gasteiger partial charge on any atom is -0.347 e. The number of rotatable bonds is 3. The van der Waals surface area contributed by atoms with Crippen molar-refractivity contribution in [2.45, 2.75) is 32.4 Å². The fraction of sp³-hybridized carbons (Fsp3) is 0.700. The summed E-state index contributed by atoms with van der Waals surface area (Å²) >= 11 is 0. The van der Waals surface area contributed by atoms with Gasteiger partial charge in [-0.15, -0.1) is 10.2 Å². The highest BCUT2D eigenvalue weighted by atomic mass is 15.3. The Bertz CT molecular complexity index is 294. The quantitative estimate of drug-likeness (QED) is 0.780. The van der Waals surface area contributed by atoms with Crippen LogP contribution in [0.2, 0.25) is 0 Å². The Labute approximate surface area is 89.9 Å². The second kappa shape index (κ2) is 4.53. The molecular formula is C10H17N5. The summed E-state index contributed by atoms with van der Waals surface area (Å²) in [6.07, 6.45) is 4.41. The molecule has 0 aromatic carbocycles. The molecule has 1 N–H and O–H groups in total. The molecule has 1 fully saturated rings. The summed E-state index contributed by atoms with van der Waals surface area (Å²) in [5.41, 5.74) is 0. The summed E-state index contributed by atoms with van der Waals surface area (Å²) in [4.78, 5) is 6.32. The monoisotopic (exact) mass is 207 g/mol. The predicted octanol–water partition coefficient (Wildman–Crippen LogP) is 0.448. The highest BCUT2D eigenvalue weighted by Gasteiger charge is 2.25. The third-order valence-electron chi connectivity index (χ3n) is 2.72. The molecule has 82 valence electrons. The van der Waals surface area contributed by atoms with Gasteiger partial charge in [0.15, 0.2) is 5.82 Å². The Morgan fingerprint density at radius 2 is 2.40 bits per heavy atom. The van der Waals surface area contributed by atoms with Crippen LogP contribution in [-0.4, -0.2) is 40.4 Å². The highest BCUT2D eigenvalue weighted by molar-refractivity contribution is 5.37. The zero-order valence-electron chi connectivity index (χ0n) is 9.22. The van der Waals surface area contributed by atoms with E-state index in [9.17, 15) is 0 Å². The van der Waals surface area contributed by atoms with Crippen LogP contribution in [0.3, 0.4) is 0 Å². The summed E-state index contributed by atoms with van der Waals surface area (Å²) in [6, 6.07) is 0.942. The lowest BCUT2D eigenvalue weighted by Crippen LogP contribution is -2.42. The maximum absolute atomic E-state index is 4.13. The van der Waals surface area contributed by atoms with E-state index in [0.29, 0.717) is 12.1 Å². The molecule has 1 atom stereocenters. The van der Waals surface area contributed by atoms with Gasteiger partial charge in [0, 0.05) is 18.6 Å². The zero-order chi connectivity index (χ0) is 10.7. The standard InChI is InChI=1S/C10H17N5/c1-8(2)15(9-3-4-11-5-9)10-6-12-7-13-14-10/h6-9,11H,3-5H2,1-2H3. The fourth-order valence-electron chi connectivity index (χ4n) is 2.11. The van der Waals surface area contributed by atoms with Gasteiger partial charge in [-0.1, -0.05) is 0 Å². The molecule has 0 amide bonds. The first-order valence-corrected chi connectivity index (χ1v) is 5.41. The molecule has 5 nitrogen and oxygen atoms in total. The largest absolute Gasteiger partial charge is 0.347 e. The SMILES string of the molecule is CC(C)N(c1cncnn1)C1CCNC1. The van der Waals surface area contributed by atoms with Gasteiger partial charge in [0.25, 0.3) is 0 Å². The van der Waals surface area contributed by atoms with E-state index in [1.165, 1.54) is 6.33 Å². The number of nitrogens with zero attached hydrogens (tertiary/aromatic N) is 4. The molecule has 0 saturated carbocycles. The van der Waals surface area contributed by atoms with Crippen molar-refractivity contribution in [3.05, 3.63) is 12.5 Å². The molecule has 2 rings (SSSR count). The van der Waals surface area contributed by atoms with Crippen LogP contribution in [0.15, 0.2) is 12.5 Å². The number of nitrogens with one attached hydrogen (secondary N) is 1. The fourth-order valence-corrected chi connectivity index (χ4v) is 2.11. The molecule has 1 aromatic rings.